The number of sulfonamides is 1. The van der Waals surface area contributed by atoms with Crippen LogP contribution in [0, 0.1) is 0 Å². The molecule has 1 aliphatic rings. The van der Waals surface area contributed by atoms with Gasteiger partial charge in [-0.25, -0.2) is 17.9 Å². The van der Waals surface area contributed by atoms with E-state index in [0.717, 1.165) is 5.56 Å². The van der Waals surface area contributed by atoms with Gasteiger partial charge in [-0.15, -0.1) is 0 Å². The summed E-state index contributed by atoms with van der Waals surface area (Å²) in [7, 11) is -2.65. The second kappa shape index (κ2) is 10.2. The molecule has 35 heavy (non-hydrogen) atoms. The average Bonchev–Trinajstić information content (AvgIpc) is 3.31. The van der Waals surface area contributed by atoms with Gasteiger partial charge in [0.15, 0.2) is 11.5 Å². The smallest absolute Gasteiger partial charge is 0.329 e. The van der Waals surface area contributed by atoms with Gasteiger partial charge in [-0.05, 0) is 35.9 Å². The minimum atomic E-state index is -4.21. The van der Waals surface area contributed by atoms with Gasteiger partial charge < -0.3 is 19.7 Å². The number of anilines is 1. The van der Waals surface area contributed by atoms with Crippen molar-refractivity contribution < 1.29 is 27.5 Å². The summed E-state index contributed by atoms with van der Waals surface area (Å²) in [6.45, 7) is 0.0932. The zero-order chi connectivity index (χ0) is 25.0. The van der Waals surface area contributed by atoms with E-state index in [1.165, 1.54) is 29.2 Å². The Hall–Kier alpha value is -3.76. The number of ether oxygens (including phenoxy) is 2. The Morgan fingerprint density at radius 2 is 1.74 bits per heavy atom. The highest BCUT2D eigenvalue weighted by molar-refractivity contribution is 7.90. The Kier molecular flexibility index (Phi) is 7.13. The van der Waals surface area contributed by atoms with Crippen LogP contribution < -0.4 is 24.4 Å². The monoisotopic (exact) mass is 515 g/mol. The minimum absolute atomic E-state index is 0.0932. The molecular formula is C24H22ClN3O6S. The summed E-state index contributed by atoms with van der Waals surface area (Å²) in [6, 6.07) is 17.5. The zero-order valence-electron chi connectivity index (χ0n) is 18.6. The van der Waals surface area contributed by atoms with Gasteiger partial charge in [0.05, 0.1) is 4.90 Å². The Labute approximate surface area is 207 Å². The normalized spacial score (nSPS) is 13.1. The van der Waals surface area contributed by atoms with Crippen LogP contribution in [0.4, 0.5) is 10.5 Å². The molecule has 0 saturated carbocycles. The van der Waals surface area contributed by atoms with Gasteiger partial charge in [0.25, 0.3) is 10.0 Å². The maximum absolute atomic E-state index is 13.4. The number of benzene rings is 3. The van der Waals surface area contributed by atoms with Crippen LogP contribution in [0.3, 0.4) is 0 Å². The molecule has 0 spiro atoms. The summed E-state index contributed by atoms with van der Waals surface area (Å²) in [5.41, 5.74) is 1.30. The van der Waals surface area contributed by atoms with E-state index in [2.05, 4.69) is 5.32 Å². The lowest BCUT2D eigenvalue weighted by Gasteiger charge is -2.25. The molecule has 1 heterocycles. The zero-order valence-corrected chi connectivity index (χ0v) is 20.2. The lowest BCUT2D eigenvalue weighted by molar-refractivity contribution is -0.120. The largest absolute Gasteiger partial charge is 0.454 e. The van der Waals surface area contributed by atoms with Gasteiger partial charge >= 0.3 is 6.03 Å². The molecule has 1 aliphatic heterocycles. The lowest BCUT2D eigenvalue weighted by Crippen LogP contribution is -2.52. The van der Waals surface area contributed by atoms with Crippen molar-refractivity contribution in [3.63, 3.8) is 0 Å². The average molecular weight is 516 g/mol. The molecule has 182 valence electrons. The summed E-state index contributed by atoms with van der Waals surface area (Å²) in [6.07, 6.45) is 0.138. The van der Waals surface area contributed by atoms with Gasteiger partial charge in [0.2, 0.25) is 12.7 Å². The van der Waals surface area contributed by atoms with E-state index in [1.54, 1.807) is 25.2 Å². The standard InChI is InChI=1S/C24H22ClN3O6S/c1-28(18-10-11-21-22(14-18)34-15-33-21)23(29)20(12-16-6-3-2-4-7-16)26-24(30)27-35(31,32)19-9-5-8-17(25)13-19/h2-11,13-14,20H,12,15H2,1H3,(H2,26,27,30). The third kappa shape index (κ3) is 5.84. The fraction of sp³-hybridized carbons (Fsp3) is 0.167. The fourth-order valence-electron chi connectivity index (χ4n) is 3.51. The molecule has 11 heteroatoms. The third-order valence-corrected chi connectivity index (χ3v) is 6.86. The molecule has 0 fully saturated rings. The number of hydrogen-bond donors (Lipinski definition) is 2. The highest BCUT2D eigenvalue weighted by Gasteiger charge is 2.28. The summed E-state index contributed by atoms with van der Waals surface area (Å²) in [4.78, 5) is 27.3. The number of likely N-dealkylation sites (N-methyl/N-ethyl adjacent to an activating group) is 1. The number of rotatable bonds is 7. The van der Waals surface area contributed by atoms with Gasteiger partial charge in [0, 0.05) is 30.2 Å². The summed E-state index contributed by atoms with van der Waals surface area (Å²) >= 11 is 5.87. The molecule has 4 rings (SSSR count). The third-order valence-electron chi connectivity index (χ3n) is 5.29. The van der Waals surface area contributed by atoms with E-state index < -0.39 is 28.0 Å². The van der Waals surface area contributed by atoms with Crippen molar-refractivity contribution in [3.8, 4) is 11.5 Å². The number of carbonyl (C=O) groups is 2. The van der Waals surface area contributed by atoms with Crippen LogP contribution in [0.2, 0.25) is 5.02 Å². The van der Waals surface area contributed by atoms with Crippen LogP contribution >= 0.6 is 11.6 Å². The van der Waals surface area contributed by atoms with Crippen molar-refractivity contribution in [2.75, 3.05) is 18.7 Å². The Morgan fingerprint density at radius 1 is 1.00 bits per heavy atom. The number of halogens is 1. The van der Waals surface area contributed by atoms with E-state index in [-0.39, 0.29) is 23.1 Å². The topological polar surface area (TPSA) is 114 Å². The lowest BCUT2D eigenvalue weighted by atomic mass is 10.0. The highest BCUT2D eigenvalue weighted by Crippen LogP contribution is 2.35. The predicted octanol–water partition coefficient (Wildman–Crippen LogP) is 3.33. The van der Waals surface area contributed by atoms with Crippen molar-refractivity contribution in [3.05, 3.63) is 83.4 Å². The van der Waals surface area contributed by atoms with E-state index in [4.69, 9.17) is 21.1 Å². The summed E-state index contributed by atoms with van der Waals surface area (Å²) in [5, 5.41) is 2.70. The predicted molar refractivity (Wildman–Crippen MR) is 130 cm³/mol. The van der Waals surface area contributed by atoms with Gasteiger partial charge in [-0.1, -0.05) is 48.0 Å². The molecule has 1 atom stereocenters. The first-order valence-electron chi connectivity index (χ1n) is 10.5. The van der Waals surface area contributed by atoms with Crippen LogP contribution in [0.15, 0.2) is 77.7 Å². The molecule has 0 aliphatic carbocycles. The SMILES string of the molecule is CN(C(=O)C(Cc1ccccc1)NC(=O)NS(=O)(=O)c1cccc(Cl)c1)c1ccc2c(c1)OCO2. The number of amides is 3. The fourth-order valence-corrected chi connectivity index (χ4v) is 4.72. The first kappa shape index (κ1) is 24.4. The van der Waals surface area contributed by atoms with E-state index in [9.17, 15) is 18.0 Å². The van der Waals surface area contributed by atoms with Crippen LogP contribution in [-0.2, 0) is 21.2 Å². The van der Waals surface area contributed by atoms with Crippen LogP contribution in [0.1, 0.15) is 5.56 Å². The molecule has 0 bridgehead atoms. The first-order chi connectivity index (χ1) is 16.7. The number of nitrogens with zero attached hydrogens (tertiary/aromatic N) is 1. The molecule has 0 aromatic heterocycles. The quantitative estimate of drug-likeness (QED) is 0.499. The molecule has 0 radical (unpaired) electrons. The Morgan fingerprint density at radius 3 is 2.49 bits per heavy atom. The molecule has 2 N–H and O–H groups in total. The molecule has 3 aromatic rings. The molecule has 0 saturated heterocycles. The Balaban J connectivity index is 1.54. The first-order valence-corrected chi connectivity index (χ1v) is 12.4. The van der Waals surface area contributed by atoms with Crippen molar-refractivity contribution in [1.29, 1.82) is 0 Å². The number of fused-ring (bicyclic) bond motifs is 1. The Bertz CT molecular complexity index is 1350. The number of hydrogen-bond acceptors (Lipinski definition) is 6. The molecular weight excluding hydrogens is 494 g/mol. The van der Waals surface area contributed by atoms with Gasteiger partial charge in [0.1, 0.15) is 6.04 Å². The van der Waals surface area contributed by atoms with E-state index in [0.29, 0.717) is 17.2 Å². The van der Waals surface area contributed by atoms with Crippen LogP contribution in [-0.4, -0.2) is 40.2 Å². The molecule has 9 nitrogen and oxygen atoms in total. The minimum Gasteiger partial charge on any atom is -0.454 e. The maximum Gasteiger partial charge on any atom is 0.329 e. The molecule has 3 amide bonds. The van der Waals surface area contributed by atoms with Crippen molar-refractivity contribution >= 4 is 39.2 Å². The molecule has 3 aromatic carbocycles. The molecule has 1 unspecified atom stereocenters. The van der Waals surface area contributed by atoms with Crippen molar-refractivity contribution in [2.24, 2.45) is 0 Å². The van der Waals surface area contributed by atoms with Gasteiger partial charge in [-0.2, -0.15) is 0 Å². The number of carbonyl (C=O) groups excluding carboxylic acids is 2. The second-order valence-electron chi connectivity index (χ2n) is 7.71. The summed E-state index contributed by atoms with van der Waals surface area (Å²) in [5.74, 6) is 0.613. The number of urea groups is 1. The van der Waals surface area contributed by atoms with E-state index in [1.807, 2.05) is 35.1 Å². The summed E-state index contributed by atoms with van der Waals surface area (Å²) < 4.78 is 37.9. The van der Waals surface area contributed by atoms with Crippen LogP contribution in [0.5, 0.6) is 11.5 Å². The number of nitrogens with one attached hydrogen (secondary N) is 2. The highest BCUT2D eigenvalue weighted by atomic mass is 35.5. The van der Waals surface area contributed by atoms with Gasteiger partial charge in [-0.3, -0.25) is 4.79 Å². The second-order valence-corrected chi connectivity index (χ2v) is 9.83. The maximum atomic E-state index is 13.4. The van der Waals surface area contributed by atoms with Crippen molar-refractivity contribution in [1.82, 2.24) is 10.0 Å². The van der Waals surface area contributed by atoms with Crippen molar-refractivity contribution in [2.45, 2.75) is 17.4 Å². The van der Waals surface area contributed by atoms with Crippen LogP contribution in [0.25, 0.3) is 0 Å². The van der Waals surface area contributed by atoms with E-state index >= 15 is 0 Å².